The minimum atomic E-state index is -0.493. The lowest BCUT2D eigenvalue weighted by Crippen LogP contribution is -2.39. The third kappa shape index (κ3) is 5.08. The molecule has 1 fully saturated rings. The number of pyridine rings is 2. The van der Waals surface area contributed by atoms with Crippen LogP contribution in [0.15, 0.2) is 48.8 Å². The molecule has 1 saturated heterocycles. The van der Waals surface area contributed by atoms with Crippen LogP contribution < -0.4 is 16.0 Å². The number of fused-ring (bicyclic) bond motifs is 1. The zero-order valence-corrected chi connectivity index (χ0v) is 20.2. The SMILES string of the molecule is Cc1nc2ccc(Cc3cc(NC4CCN(c5ccc(C#N)cn5)CC4)c(C(N)=O)cn3)cc2s1. The number of carbonyl (C=O) groups is 1. The van der Waals surface area contributed by atoms with Crippen molar-refractivity contribution in [1.29, 1.82) is 5.26 Å². The number of aromatic nitrogens is 3. The van der Waals surface area contributed by atoms with E-state index in [0.717, 1.165) is 63.9 Å². The summed E-state index contributed by atoms with van der Waals surface area (Å²) >= 11 is 1.68. The number of anilines is 2. The highest BCUT2D eigenvalue weighted by molar-refractivity contribution is 7.18. The summed E-state index contributed by atoms with van der Waals surface area (Å²) in [6.45, 7) is 3.67. The fourth-order valence-corrected chi connectivity index (χ4v) is 5.32. The van der Waals surface area contributed by atoms with Gasteiger partial charge in [-0.2, -0.15) is 5.26 Å². The van der Waals surface area contributed by atoms with Crippen LogP contribution in [0.3, 0.4) is 0 Å². The van der Waals surface area contributed by atoms with Crippen molar-refractivity contribution in [3.05, 3.63) is 76.2 Å². The van der Waals surface area contributed by atoms with Gasteiger partial charge in [0.1, 0.15) is 11.9 Å². The minimum Gasteiger partial charge on any atom is -0.381 e. The number of rotatable bonds is 6. The van der Waals surface area contributed by atoms with Crippen molar-refractivity contribution >= 4 is 39.0 Å². The number of nitrogens with zero attached hydrogens (tertiary/aromatic N) is 5. The van der Waals surface area contributed by atoms with Crippen molar-refractivity contribution in [3.8, 4) is 6.07 Å². The molecule has 0 bridgehead atoms. The average molecular weight is 484 g/mol. The molecule has 5 rings (SSSR count). The molecule has 0 saturated carbocycles. The number of nitriles is 1. The number of benzene rings is 1. The molecule has 0 spiro atoms. The van der Waals surface area contributed by atoms with Crippen LogP contribution >= 0.6 is 11.3 Å². The lowest BCUT2D eigenvalue weighted by molar-refractivity contribution is 0.100. The normalized spacial score (nSPS) is 14.1. The zero-order chi connectivity index (χ0) is 24.4. The van der Waals surface area contributed by atoms with E-state index in [2.05, 4.69) is 43.4 Å². The molecule has 0 radical (unpaired) electrons. The van der Waals surface area contributed by atoms with Gasteiger partial charge in [-0.3, -0.25) is 9.78 Å². The number of hydrogen-bond acceptors (Lipinski definition) is 8. The Hall–Kier alpha value is -4.03. The summed E-state index contributed by atoms with van der Waals surface area (Å²) in [6, 6.07) is 14.2. The Bertz CT molecular complexity index is 1420. The fraction of sp³-hybridized carbons (Fsp3) is 0.269. The Morgan fingerprint density at radius 2 is 2.03 bits per heavy atom. The second-order valence-corrected chi connectivity index (χ2v) is 9.95. The molecule has 1 aliphatic heterocycles. The Morgan fingerprint density at radius 3 is 2.74 bits per heavy atom. The van der Waals surface area contributed by atoms with Gasteiger partial charge in [-0.25, -0.2) is 9.97 Å². The van der Waals surface area contributed by atoms with Gasteiger partial charge in [0.15, 0.2) is 0 Å². The first kappa shape index (κ1) is 22.7. The summed E-state index contributed by atoms with van der Waals surface area (Å²) in [4.78, 5) is 27.7. The summed E-state index contributed by atoms with van der Waals surface area (Å²) in [7, 11) is 0. The quantitative estimate of drug-likeness (QED) is 0.425. The highest BCUT2D eigenvalue weighted by Crippen LogP contribution is 2.26. The van der Waals surface area contributed by atoms with Crippen molar-refractivity contribution < 1.29 is 4.79 Å². The molecule has 35 heavy (non-hydrogen) atoms. The molecule has 0 atom stereocenters. The smallest absolute Gasteiger partial charge is 0.252 e. The minimum absolute atomic E-state index is 0.203. The van der Waals surface area contributed by atoms with Crippen LogP contribution in [-0.2, 0) is 6.42 Å². The van der Waals surface area contributed by atoms with Crippen LogP contribution in [0.25, 0.3) is 10.2 Å². The average Bonchev–Trinajstić information content (AvgIpc) is 3.24. The molecule has 0 unspecified atom stereocenters. The maximum Gasteiger partial charge on any atom is 0.252 e. The van der Waals surface area contributed by atoms with Crippen molar-refractivity contribution in [2.24, 2.45) is 5.73 Å². The van der Waals surface area contributed by atoms with Crippen LogP contribution in [0, 0.1) is 18.3 Å². The summed E-state index contributed by atoms with van der Waals surface area (Å²) < 4.78 is 1.16. The lowest BCUT2D eigenvalue weighted by atomic mass is 10.0. The van der Waals surface area contributed by atoms with Gasteiger partial charge in [0.05, 0.1) is 32.0 Å². The van der Waals surface area contributed by atoms with E-state index in [1.165, 1.54) is 0 Å². The zero-order valence-electron chi connectivity index (χ0n) is 19.4. The highest BCUT2D eigenvalue weighted by atomic mass is 32.1. The van der Waals surface area contributed by atoms with Crippen LogP contribution in [-0.4, -0.2) is 40.0 Å². The number of nitrogens with two attached hydrogens (primary N) is 1. The molecular formula is C26H25N7OS. The van der Waals surface area contributed by atoms with Gasteiger partial charge in [0.25, 0.3) is 5.91 Å². The maximum absolute atomic E-state index is 12.1. The first-order valence-electron chi connectivity index (χ1n) is 11.5. The third-order valence-corrected chi connectivity index (χ3v) is 7.16. The van der Waals surface area contributed by atoms with E-state index in [1.807, 2.05) is 25.1 Å². The van der Waals surface area contributed by atoms with Crippen molar-refractivity contribution in [3.63, 3.8) is 0 Å². The van der Waals surface area contributed by atoms with Crippen molar-refractivity contribution in [1.82, 2.24) is 15.0 Å². The highest BCUT2D eigenvalue weighted by Gasteiger charge is 2.22. The molecule has 1 aliphatic rings. The van der Waals surface area contributed by atoms with E-state index < -0.39 is 5.91 Å². The number of piperidine rings is 1. The Labute approximate surface area is 207 Å². The number of amides is 1. The van der Waals surface area contributed by atoms with E-state index in [9.17, 15) is 4.79 Å². The maximum atomic E-state index is 12.1. The monoisotopic (exact) mass is 483 g/mol. The van der Waals surface area contributed by atoms with Crippen LogP contribution in [0.4, 0.5) is 11.5 Å². The van der Waals surface area contributed by atoms with Crippen molar-refractivity contribution in [2.75, 3.05) is 23.3 Å². The number of aryl methyl sites for hydroxylation is 1. The topological polar surface area (TPSA) is 121 Å². The Balaban J connectivity index is 1.29. The Kier molecular flexibility index (Phi) is 6.29. The number of nitrogens with one attached hydrogen (secondary N) is 1. The summed E-state index contributed by atoms with van der Waals surface area (Å²) in [6.07, 6.45) is 5.61. The predicted molar refractivity (Wildman–Crippen MR) is 138 cm³/mol. The fourth-order valence-electron chi connectivity index (χ4n) is 4.43. The molecule has 0 aliphatic carbocycles. The van der Waals surface area contributed by atoms with Crippen LogP contribution in [0.2, 0.25) is 0 Å². The number of thiazole rings is 1. The van der Waals surface area contributed by atoms with Gasteiger partial charge < -0.3 is 16.0 Å². The van der Waals surface area contributed by atoms with Gasteiger partial charge >= 0.3 is 0 Å². The van der Waals surface area contributed by atoms with Gasteiger partial charge in [0.2, 0.25) is 0 Å². The van der Waals surface area contributed by atoms with E-state index in [-0.39, 0.29) is 6.04 Å². The number of carbonyl (C=O) groups excluding carboxylic acids is 1. The molecule has 4 heterocycles. The molecule has 1 amide bonds. The van der Waals surface area contributed by atoms with Gasteiger partial charge in [-0.05, 0) is 55.7 Å². The summed E-state index contributed by atoms with van der Waals surface area (Å²) in [5, 5.41) is 13.6. The summed E-state index contributed by atoms with van der Waals surface area (Å²) in [5.74, 6) is 0.381. The molecule has 3 aromatic heterocycles. The Morgan fingerprint density at radius 1 is 1.20 bits per heavy atom. The van der Waals surface area contributed by atoms with E-state index in [4.69, 9.17) is 11.0 Å². The predicted octanol–water partition coefficient (Wildman–Crippen LogP) is 4.04. The van der Waals surface area contributed by atoms with Crippen molar-refractivity contribution in [2.45, 2.75) is 32.2 Å². The molecule has 1 aromatic carbocycles. The molecule has 176 valence electrons. The van der Waals surface area contributed by atoms with E-state index in [1.54, 1.807) is 29.8 Å². The first-order valence-corrected chi connectivity index (χ1v) is 12.3. The molecule has 9 heteroatoms. The largest absolute Gasteiger partial charge is 0.381 e. The molecule has 3 N–H and O–H groups in total. The summed E-state index contributed by atoms with van der Waals surface area (Å²) in [5.41, 5.74) is 10.4. The van der Waals surface area contributed by atoms with E-state index in [0.29, 0.717) is 17.5 Å². The second kappa shape index (κ2) is 9.68. The van der Waals surface area contributed by atoms with Crippen LogP contribution in [0.5, 0.6) is 0 Å². The lowest BCUT2D eigenvalue weighted by Gasteiger charge is -2.34. The van der Waals surface area contributed by atoms with Gasteiger partial charge in [-0.15, -0.1) is 11.3 Å². The molecule has 4 aromatic rings. The standard InChI is InChI=1S/C26H25N7OS/c1-16-31-22-4-2-17(11-24(22)35-16)10-20-12-23(21(15-29-20)26(28)34)32-19-6-8-33(9-7-19)25-5-3-18(13-27)14-30-25/h2-5,11-12,14-15,19H,6-10H2,1H3,(H2,28,34)(H,29,32). The molecular weight excluding hydrogens is 458 g/mol. The first-order chi connectivity index (χ1) is 17.0. The third-order valence-electron chi connectivity index (χ3n) is 6.23. The second-order valence-electron chi connectivity index (χ2n) is 8.72. The number of hydrogen-bond donors (Lipinski definition) is 2. The van der Waals surface area contributed by atoms with Crippen LogP contribution in [0.1, 0.15) is 45.0 Å². The van der Waals surface area contributed by atoms with Gasteiger partial charge in [0, 0.05) is 43.6 Å². The number of primary amides is 1. The van der Waals surface area contributed by atoms with Gasteiger partial charge in [-0.1, -0.05) is 6.07 Å². The molecule has 8 nitrogen and oxygen atoms in total. The van der Waals surface area contributed by atoms with E-state index >= 15 is 0 Å².